The van der Waals surface area contributed by atoms with E-state index < -0.39 is 0 Å². The van der Waals surface area contributed by atoms with E-state index in [0.717, 1.165) is 15.2 Å². The van der Waals surface area contributed by atoms with E-state index in [9.17, 15) is 9.59 Å². The molecule has 0 unspecified atom stereocenters. The minimum absolute atomic E-state index is 0.145. The number of benzene rings is 2. The maximum absolute atomic E-state index is 12.0. The third-order valence-corrected chi connectivity index (χ3v) is 4.93. The number of ether oxygens (including phenoxy) is 1. The van der Waals surface area contributed by atoms with E-state index in [4.69, 9.17) is 4.74 Å². The molecule has 4 aromatic rings. The summed E-state index contributed by atoms with van der Waals surface area (Å²) in [6.45, 7) is 0.153. The van der Waals surface area contributed by atoms with Crippen molar-refractivity contribution in [1.82, 2.24) is 15.0 Å². The van der Waals surface area contributed by atoms with Crippen molar-refractivity contribution < 1.29 is 9.53 Å². The Hall–Kier alpha value is -3.06. The second-order valence-corrected chi connectivity index (χ2v) is 6.88. The molecule has 0 radical (unpaired) electrons. The summed E-state index contributed by atoms with van der Waals surface area (Å²) >= 11 is 1.51. The number of nitrogens with zero attached hydrogens (tertiary/aromatic N) is 2. The lowest BCUT2D eigenvalue weighted by Gasteiger charge is -2.04. The van der Waals surface area contributed by atoms with Gasteiger partial charge in [-0.1, -0.05) is 24.3 Å². The fourth-order valence-electron chi connectivity index (χ4n) is 2.67. The molecule has 0 saturated heterocycles. The highest BCUT2D eigenvalue weighted by Gasteiger charge is 2.10. The third-order valence-electron chi connectivity index (χ3n) is 3.92. The predicted molar refractivity (Wildman–Crippen MR) is 100 cm³/mol. The van der Waals surface area contributed by atoms with Gasteiger partial charge >= 0.3 is 5.97 Å². The van der Waals surface area contributed by atoms with Crippen molar-refractivity contribution in [3.05, 3.63) is 69.7 Å². The van der Waals surface area contributed by atoms with Crippen molar-refractivity contribution in [2.45, 2.75) is 19.4 Å². The molecule has 0 aliphatic rings. The molecule has 0 fully saturated rings. The van der Waals surface area contributed by atoms with Gasteiger partial charge in [0, 0.05) is 6.42 Å². The lowest BCUT2D eigenvalue weighted by Crippen LogP contribution is -2.13. The average molecular weight is 365 g/mol. The first kappa shape index (κ1) is 16.4. The number of aryl methyl sites for hydroxylation is 1. The number of nitrogens with one attached hydrogen (secondary N) is 1. The van der Waals surface area contributed by atoms with E-state index >= 15 is 0 Å². The molecule has 0 bridgehead atoms. The number of aromatic nitrogens is 3. The Morgan fingerprint density at radius 1 is 1.04 bits per heavy atom. The normalized spacial score (nSPS) is 11.1. The van der Waals surface area contributed by atoms with Crippen molar-refractivity contribution in [1.29, 1.82) is 0 Å². The summed E-state index contributed by atoms with van der Waals surface area (Å²) in [6, 6.07) is 14.9. The molecule has 6 nitrogen and oxygen atoms in total. The fraction of sp³-hybridized carbons (Fsp3) is 0.158. The van der Waals surface area contributed by atoms with Crippen LogP contribution >= 0.6 is 11.3 Å². The van der Waals surface area contributed by atoms with Crippen LogP contribution in [0.15, 0.2) is 53.3 Å². The number of esters is 1. The number of carbonyl (C=O) groups is 1. The molecule has 2 aromatic carbocycles. The Balaban J connectivity index is 1.37. The molecule has 0 atom stereocenters. The maximum Gasteiger partial charge on any atom is 0.306 e. The zero-order valence-corrected chi connectivity index (χ0v) is 14.6. The highest BCUT2D eigenvalue weighted by molar-refractivity contribution is 7.18. The molecular weight excluding hydrogens is 350 g/mol. The molecule has 2 aromatic heterocycles. The van der Waals surface area contributed by atoms with Crippen molar-refractivity contribution in [3.63, 3.8) is 0 Å². The average Bonchev–Trinajstić information content (AvgIpc) is 3.08. The molecule has 0 saturated carbocycles. The largest absolute Gasteiger partial charge is 0.458 e. The van der Waals surface area contributed by atoms with E-state index in [2.05, 4.69) is 15.0 Å². The quantitative estimate of drug-likeness (QED) is 0.549. The summed E-state index contributed by atoms with van der Waals surface area (Å²) in [6.07, 6.45) is 0.463. The van der Waals surface area contributed by atoms with Gasteiger partial charge in [0.1, 0.15) is 17.4 Å². The molecule has 4 rings (SSSR count). The number of hydrogen-bond acceptors (Lipinski definition) is 6. The van der Waals surface area contributed by atoms with Crippen LogP contribution in [-0.4, -0.2) is 20.9 Å². The number of fused-ring (bicyclic) bond motifs is 2. The number of carbonyl (C=O) groups excluding carboxylic acids is 1. The summed E-state index contributed by atoms with van der Waals surface area (Å²) in [7, 11) is 0. The Labute approximate surface area is 152 Å². The fourth-order valence-corrected chi connectivity index (χ4v) is 3.55. The molecule has 26 heavy (non-hydrogen) atoms. The van der Waals surface area contributed by atoms with Gasteiger partial charge in [0.25, 0.3) is 5.56 Å². The topological polar surface area (TPSA) is 84.9 Å². The Bertz CT molecular complexity index is 1120. The summed E-state index contributed by atoms with van der Waals surface area (Å²) < 4.78 is 6.35. The Kier molecular flexibility index (Phi) is 4.45. The van der Waals surface area contributed by atoms with Gasteiger partial charge in [0.15, 0.2) is 0 Å². The van der Waals surface area contributed by atoms with E-state index in [0.29, 0.717) is 23.1 Å². The predicted octanol–water partition coefficient (Wildman–Crippen LogP) is 3.21. The number of H-pyrrole nitrogens is 1. The standard InChI is InChI=1S/C19H15N3O3S/c23-18(25-11-17-21-14-7-3-4-8-15(14)26-17)10-9-16-20-13-6-2-1-5-12(13)19(24)22-16/h1-8H,9-11H2,(H,20,22,24). The second kappa shape index (κ2) is 7.05. The first-order chi connectivity index (χ1) is 12.7. The molecule has 0 amide bonds. The lowest BCUT2D eigenvalue weighted by atomic mass is 10.2. The number of thiazole rings is 1. The summed E-state index contributed by atoms with van der Waals surface area (Å²) in [5.74, 6) is 0.130. The van der Waals surface area contributed by atoms with E-state index in [1.165, 1.54) is 11.3 Å². The highest BCUT2D eigenvalue weighted by atomic mass is 32.1. The Morgan fingerprint density at radius 2 is 1.81 bits per heavy atom. The van der Waals surface area contributed by atoms with Crippen LogP contribution in [-0.2, 0) is 22.6 Å². The lowest BCUT2D eigenvalue weighted by molar-refractivity contribution is -0.144. The molecule has 0 aliphatic heterocycles. The molecule has 7 heteroatoms. The molecule has 0 spiro atoms. The summed E-state index contributed by atoms with van der Waals surface area (Å²) in [4.78, 5) is 35.5. The highest BCUT2D eigenvalue weighted by Crippen LogP contribution is 2.22. The minimum atomic E-state index is -0.347. The SMILES string of the molecule is O=C(CCc1nc2ccccc2c(=O)[nH]1)OCc1nc2ccccc2s1. The maximum atomic E-state index is 12.0. The van der Waals surface area contributed by atoms with Crippen LogP contribution < -0.4 is 5.56 Å². The molecule has 1 N–H and O–H groups in total. The van der Waals surface area contributed by atoms with Crippen LogP contribution in [0.1, 0.15) is 17.3 Å². The van der Waals surface area contributed by atoms with Crippen LogP contribution in [0.25, 0.3) is 21.1 Å². The van der Waals surface area contributed by atoms with Crippen molar-refractivity contribution in [3.8, 4) is 0 Å². The number of para-hydroxylation sites is 2. The van der Waals surface area contributed by atoms with Gasteiger partial charge in [-0.3, -0.25) is 9.59 Å². The van der Waals surface area contributed by atoms with Crippen LogP contribution in [0.5, 0.6) is 0 Å². The van der Waals surface area contributed by atoms with Gasteiger partial charge in [0.2, 0.25) is 0 Å². The first-order valence-electron chi connectivity index (χ1n) is 8.17. The smallest absolute Gasteiger partial charge is 0.306 e. The molecule has 130 valence electrons. The van der Waals surface area contributed by atoms with Gasteiger partial charge in [-0.25, -0.2) is 9.97 Å². The van der Waals surface area contributed by atoms with Gasteiger partial charge in [-0.2, -0.15) is 0 Å². The number of rotatable bonds is 5. The van der Waals surface area contributed by atoms with Crippen LogP contribution in [0, 0.1) is 0 Å². The first-order valence-corrected chi connectivity index (χ1v) is 8.99. The second-order valence-electron chi connectivity index (χ2n) is 5.77. The number of hydrogen-bond donors (Lipinski definition) is 1. The van der Waals surface area contributed by atoms with Crippen LogP contribution in [0.3, 0.4) is 0 Å². The van der Waals surface area contributed by atoms with Crippen molar-refractivity contribution >= 4 is 38.4 Å². The van der Waals surface area contributed by atoms with Gasteiger partial charge in [-0.15, -0.1) is 11.3 Å². The molecule has 0 aliphatic carbocycles. The van der Waals surface area contributed by atoms with Crippen molar-refractivity contribution in [2.24, 2.45) is 0 Å². The van der Waals surface area contributed by atoms with E-state index in [1.54, 1.807) is 18.2 Å². The molecular formula is C19H15N3O3S. The van der Waals surface area contributed by atoms with Crippen molar-refractivity contribution in [2.75, 3.05) is 0 Å². The number of aromatic amines is 1. The zero-order valence-electron chi connectivity index (χ0n) is 13.8. The molecule has 2 heterocycles. The summed E-state index contributed by atoms with van der Waals surface area (Å²) in [5.41, 5.74) is 1.32. The summed E-state index contributed by atoms with van der Waals surface area (Å²) in [5, 5.41) is 1.30. The van der Waals surface area contributed by atoms with E-state index in [1.807, 2.05) is 30.3 Å². The third kappa shape index (κ3) is 3.48. The van der Waals surface area contributed by atoms with Gasteiger partial charge in [-0.05, 0) is 24.3 Å². The van der Waals surface area contributed by atoms with Crippen LogP contribution in [0.4, 0.5) is 0 Å². The minimum Gasteiger partial charge on any atom is -0.458 e. The Morgan fingerprint density at radius 3 is 2.65 bits per heavy atom. The van der Waals surface area contributed by atoms with Crippen LogP contribution in [0.2, 0.25) is 0 Å². The van der Waals surface area contributed by atoms with Gasteiger partial charge in [0.05, 0.1) is 27.5 Å². The van der Waals surface area contributed by atoms with E-state index in [-0.39, 0.29) is 24.6 Å². The monoisotopic (exact) mass is 365 g/mol. The zero-order chi connectivity index (χ0) is 17.9. The van der Waals surface area contributed by atoms with Gasteiger partial charge < -0.3 is 9.72 Å².